The molecule has 0 radical (unpaired) electrons. The SMILES string of the molecule is [2H]c1c([2H])c([2H])c(-c2c3nc(c(-c4c([2H])c([2H])c([2H])c([2H])c4[2H])c4[n-]c(c(-c5c([2H])c([2H])c([2H])c([2H])c5[2H])c5nc(c(-c6c([2H])c([2H])c([2H])c([2H])c6[2H])c6[n-]c2c2cc7ccccc7cc62)-c2cc6ccccc6cc2-5)c2cc5ccccc5cc42)-c2cc4ccccc4cc2-3)c([2H])c1[2H].[Pt+2]. The third-order valence-corrected chi connectivity index (χ3v) is 15.4. The van der Waals surface area contributed by atoms with Crippen LogP contribution in [0.2, 0.25) is 0 Å². The van der Waals surface area contributed by atoms with Gasteiger partial charge in [0.25, 0.3) is 0 Å². The first-order valence-corrected chi connectivity index (χ1v) is 25.7. The first kappa shape index (κ1) is 31.0. The van der Waals surface area contributed by atoms with Gasteiger partial charge in [-0.1, -0.05) is 218 Å². The average Bonchev–Trinajstić information content (AvgIpc) is 1.55. The number of nitrogens with zero attached hydrogens (tertiary/aromatic N) is 4. The van der Waals surface area contributed by atoms with Crippen LogP contribution in [0, 0.1) is 0 Å². The van der Waals surface area contributed by atoms with E-state index in [1.165, 1.54) is 0 Å². The van der Waals surface area contributed by atoms with Crippen LogP contribution in [0.15, 0.2) is 266 Å². The van der Waals surface area contributed by atoms with E-state index in [0.29, 0.717) is 43.1 Å². The molecule has 0 spiro atoms. The van der Waals surface area contributed by atoms with Crippen molar-refractivity contribution in [2.45, 2.75) is 0 Å². The van der Waals surface area contributed by atoms with Crippen LogP contribution < -0.4 is 9.97 Å². The molecule has 0 amide bonds. The van der Waals surface area contributed by atoms with Gasteiger partial charge in [-0.15, -0.1) is 22.1 Å². The van der Waals surface area contributed by atoms with Gasteiger partial charge in [-0.3, -0.25) is 0 Å². The van der Waals surface area contributed by atoms with Crippen molar-refractivity contribution >= 4 is 86.7 Å². The van der Waals surface area contributed by atoms with Gasteiger partial charge in [0, 0.05) is 22.3 Å². The molecule has 2 aliphatic heterocycles. The standard InChI is InChI=1S/C76H44N4.Pt/c1-5-21-45(22-6-1)65-69-57-37-49-29-13-15-31-51(49)39-59(57)71(77-69)66(46-23-7-2-8-24-46)73-61-41-53-33-17-19-35-55(53)43-63(61)75(79-73)68(48-27-11-4-12-28-48)76-64-44-56-36-20-18-34-54(56)42-62(64)74(80-76)67(47-25-9-3-10-26-47)72-60-40-52-32-16-14-30-50(52)38-58(60)70(65)78-72;/h1-44H;/q-2;+2/i1D,2D,3D,4D,5D,6D,7D,8D,9D,10D,11D,12D,21D,22D,23D,24D,25D,26D,27D,28D;. The van der Waals surface area contributed by atoms with Crippen LogP contribution in [0.5, 0.6) is 0 Å². The van der Waals surface area contributed by atoms with Crippen LogP contribution in [0.4, 0.5) is 0 Å². The van der Waals surface area contributed by atoms with Crippen molar-refractivity contribution in [3.63, 3.8) is 0 Å². The van der Waals surface area contributed by atoms with Gasteiger partial charge in [0.05, 0.1) is 50.2 Å². The third kappa shape index (κ3) is 7.34. The summed E-state index contributed by atoms with van der Waals surface area (Å²) >= 11 is 0. The maximum absolute atomic E-state index is 10.0. The summed E-state index contributed by atoms with van der Waals surface area (Å²) in [5.41, 5.74) is -2.00. The van der Waals surface area contributed by atoms with Crippen molar-refractivity contribution in [3.8, 4) is 89.5 Å². The summed E-state index contributed by atoms with van der Waals surface area (Å²) in [5, 5.41) is 5.93. The Balaban J connectivity index is 0.00000792. The molecule has 3 aliphatic rings. The van der Waals surface area contributed by atoms with Crippen LogP contribution in [-0.4, -0.2) is 9.97 Å². The number of rotatable bonds is 4. The van der Waals surface area contributed by atoms with Gasteiger partial charge in [0.2, 0.25) is 0 Å². The van der Waals surface area contributed by atoms with Gasteiger partial charge < -0.3 is 9.97 Å². The normalized spacial score (nSPS) is 15.3. The average molecular weight is 1230 g/mol. The molecular weight excluding hydrogens is 1160 g/mol. The Kier molecular flexibility index (Phi) is 7.10. The minimum absolute atomic E-state index is 0. The summed E-state index contributed by atoms with van der Waals surface area (Å²) in [5.74, 6) is 0. The van der Waals surface area contributed by atoms with E-state index in [4.69, 9.17) is 25.4 Å². The smallest absolute Gasteiger partial charge is 0.656 e. The van der Waals surface area contributed by atoms with Crippen molar-refractivity contribution in [2.75, 3.05) is 0 Å². The zero-order chi connectivity index (χ0) is 69.8. The predicted molar refractivity (Wildman–Crippen MR) is 335 cm³/mol. The quantitative estimate of drug-likeness (QED) is 0.176. The molecule has 378 valence electrons. The second kappa shape index (κ2) is 18.6. The van der Waals surface area contributed by atoms with Crippen LogP contribution >= 0.6 is 0 Å². The molecule has 14 aromatic rings. The maximum Gasteiger partial charge on any atom is 2.00 e. The fourth-order valence-electron chi connectivity index (χ4n) is 11.9. The van der Waals surface area contributed by atoms with Gasteiger partial charge in [-0.05, 0) is 158 Å². The second-order valence-electron chi connectivity index (χ2n) is 19.7. The molecule has 0 saturated carbocycles. The van der Waals surface area contributed by atoms with E-state index in [1.807, 2.05) is 97.1 Å². The number of aromatic nitrogens is 4. The summed E-state index contributed by atoms with van der Waals surface area (Å²) in [6.45, 7) is 0. The fraction of sp³-hybridized carbons (Fsp3) is 0. The number of hydrogen-bond acceptors (Lipinski definition) is 2. The number of benzene rings is 12. The van der Waals surface area contributed by atoms with E-state index in [0.717, 1.165) is 0 Å². The van der Waals surface area contributed by atoms with E-state index in [1.54, 1.807) is 48.5 Å². The summed E-state index contributed by atoms with van der Waals surface area (Å²) in [6, 6.07) is 29.2. The molecule has 17 rings (SSSR count). The Labute approximate surface area is 509 Å². The third-order valence-electron chi connectivity index (χ3n) is 15.4. The number of hydrogen-bond donors (Lipinski definition) is 0. The minimum atomic E-state index is -0.734. The summed E-state index contributed by atoms with van der Waals surface area (Å²) in [4.78, 5) is 22.6. The van der Waals surface area contributed by atoms with Crippen LogP contribution in [0.25, 0.3) is 176 Å². The molecule has 0 fully saturated rings. The van der Waals surface area contributed by atoms with Gasteiger partial charge in [-0.2, -0.15) is 0 Å². The molecule has 0 atom stereocenters. The fourth-order valence-corrected chi connectivity index (χ4v) is 11.9. The number of fused-ring (bicyclic) bond motifs is 4. The van der Waals surface area contributed by atoms with Crippen LogP contribution in [0.1, 0.15) is 27.4 Å². The van der Waals surface area contributed by atoms with E-state index in [9.17, 15) is 21.9 Å². The van der Waals surface area contributed by atoms with Crippen LogP contribution in [-0.2, 0) is 21.1 Å². The second-order valence-corrected chi connectivity index (χ2v) is 19.7. The monoisotopic (exact) mass is 1230 g/mol. The van der Waals surface area contributed by atoms with E-state index in [2.05, 4.69) is 0 Å². The zero-order valence-electron chi connectivity index (χ0n) is 62.0. The van der Waals surface area contributed by atoms with E-state index >= 15 is 0 Å². The Morgan fingerprint density at radius 1 is 0.259 bits per heavy atom. The molecule has 0 unspecified atom stereocenters. The molecule has 8 bridgehead atoms. The molecule has 0 N–H and O–H groups in total. The molecule has 1 aliphatic carbocycles. The Morgan fingerprint density at radius 2 is 0.457 bits per heavy atom. The van der Waals surface area contributed by atoms with Crippen molar-refractivity contribution in [1.29, 1.82) is 0 Å². The molecular formula is C76H44N4Pt. The first-order chi connectivity index (χ1) is 47.9. The molecule has 0 saturated heterocycles. The zero-order valence-corrected chi connectivity index (χ0v) is 44.2. The van der Waals surface area contributed by atoms with Gasteiger partial charge in [0.1, 0.15) is 0 Å². The molecule has 81 heavy (non-hydrogen) atoms. The van der Waals surface area contributed by atoms with Crippen molar-refractivity contribution < 1.29 is 48.5 Å². The van der Waals surface area contributed by atoms with Gasteiger partial charge >= 0.3 is 21.1 Å². The van der Waals surface area contributed by atoms with Crippen molar-refractivity contribution in [2.24, 2.45) is 0 Å². The van der Waals surface area contributed by atoms with Gasteiger partial charge in [0.15, 0.2) is 0 Å². The summed E-state index contributed by atoms with van der Waals surface area (Å²) in [6.07, 6.45) is 0. The van der Waals surface area contributed by atoms with E-state index < -0.39 is 143 Å². The molecule has 2 aromatic heterocycles. The Morgan fingerprint density at radius 3 is 0.667 bits per heavy atom. The Hall–Kier alpha value is -9.99. The topological polar surface area (TPSA) is 54.0 Å². The molecule has 4 nitrogen and oxygen atoms in total. The largest absolute Gasteiger partial charge is 2.00 e. The maximum atomic E-state index is 10.0. The molecule has 12 aromatic carbocycles. The van der Waals surface area contributed by atoms with Crippen molar-refractivity contribution in [1.82, 2.24) is 19.9 Å². The molecule has 4 heterocycles. The minimum Gasteiger partial charge on any atom is -0.656 e. The Bertz CT molecular complexity index is 5680. The summed E-state index contributed by atoms with van der Waals surface area (Å²) < 4.78 is 191. The summed E-state index contributed by atoms with van der Waals surface area (Å²) in [7, 11) is 0. The predicted octanol–water partition coefficient (Wildman–Crippen LogP) is 19.8. The van der Waals surface area contributed by atoms with Gasteiger partial charge in [-0.25, -0.2) is 9.97 Å². The van der Waals surface area contributed by atoms with Crippen molar-refractivity contribution in [3.05, 3.63) is 266 Å². The first-order valence-electron chi connectivity index (χ1n) is 35.7. The molecule has 5 heteroatoms. The van der Waals surface area contributed by atoms with E-state index in [-0.39, 0.29) is 132 Å². The van der Waals surface area contributed by atoms with Crippen LogP contribution in [0.3, 0.4) is 0 Å².